The van der Waals surface area contributed by atoms with Crippen LogP contribution in [0.4, 0.5) is 0 Å². The molecule has 0 aliphatic carbocycles. The van der Waals surface area contributed by atoms with Gasteiger partial charge in [-0.15, -0.1) is 0 Å². The van der Waals surface area contributed by atoms with Gasteiger partial charge < -0.3 is 10.9 Å². The first-order valence-corrected chi connectivity index (χ1v) is 6.14. The van der Waals surface area contributed by atoms with Crippen LogP contribution in [0.1, 0.15) is 6.42 Å². The molecule has 76 valence electrons. The third-order valence-electron chi connectivity index (χ3n) is 1.36. The Morgan fingerprint density at radius 3 is 3.00 bits per heavy atom. The number of carbonyl (C=O) groups is 1. The van der Waals surface area contributed by atoms with E-state index in [9.17, 15) is 10.0 Å². The number of rotatable bonds is 4. The highest BCUT2D eigenvalue weighted by molar-refractivity contribution is 8.82. The van der Waals surface area contributed by atoms with E-state index in [1.807, 2.05) is 0 Å². The Labute approximate surface area is 89.9 Å². The maximum atomic E-state index is 11.1. The molecule has 0 aliphatic rings. The molecule has 1 aromatic heterocycles. The lowest BCUT2D eigenvalue weighted by Gasteiger charge is -2.01. The summed E-state index contributed by atoms with van der Waals surface area (Å²) in [7, 11) is 2.20. The smallest absolute Gasteiger partial charge is 0.262 e. The number of nitrogens with two attached hydrogens (primary N) is 1. The fourth-order valence-electron chi connectivity index (χ4n) is 0.726. The molecule has 0 unspecified atom stereocenters. The molecule has 14 heavy (non-hydrogen) atoms. The molecule has 4 nitrogen and oxygen atoms in total. The molecule has 1 heterocycles. The van der Waals surface area contributed by atoms with E-state index in [1.54, 1.807) is 18.2 Å². The zero-order valence-corrected chi connectivity index (χ0v) is 9.01. The van der Waals surface area contributed by atoms with Crippen molar-refractivity contribution in [3.8, 4) is 0 Å². The Morgan fingerprint density at radius 2 is 2.36 bits per heavy atom. The summed E-state index contributed by atoms with van der Waals surface area (Å²) in [6.45, 7) is 0.346. The maximum absolute atomic E-state index is 11.1. The lowest BCUT2D eigenvalue weighted by atomic mass is 10.5. The van der Waals surface area contributed by atoms with E-state index in [4.69, 9.17) is 5.73 Å². The van der Waals surface area contributed by atoms with Crippen LogP contribution in [0, 0.1) is 5.21 Å². The van der Waals surface area contributed by atoms with Gasteiger partial charge in [-0.3, -0.25) is 4.79 Å². The third-order valence-corrected chi connectivity index (χ3v) is 3.64. The molecule has 6 heteroatoms. The minimum Gasteiger partial charge on any atom is -0.618 e. The lowest BCUT2D eigenvalue weighted by molar-refractivity contribution is -0.645. The van der Waals surface area contributed by atoms with Crippen molar-refractivity contribution in [3.05, 3.63) is 29.6 Å². The SMILES string of the molecule is NCCC(=O)SSc1cccc[n+]1[O-]. The zero-order chi connectivity index (χ0) is 10.4. The van der Waals surface area contributed by atoms with E-state index in [0.29, 0.717) is 18.0 Å². The van der Waals surface area contributed by atoms with Gasteiger partial charge in [-0.2, -0.15) is 4.73 Å². The molecule has 0 saturated heterocycles. The van der Waals surface area contributed by atoms with Crippen molar-refractivity contribution in [3.63, 3.8) is 0 Å². The number of carbonyl (C=O) groups excluding carboxylic acids is 1. The van der Waals surface area contributed by atoms with Gasteiger partial charge in [-0.1, -0.05) is 0 Å². The van der Waals surface area contributed by atoms with Crippen LogP contribution in [0.2, 0.25) is 0 Å². The number of pyridine rings is 1. The van der Waals surface area contributed by atoms with Gasteiger partial charge in [0.05, 0.1) is 0 Å². The number of aromatic nitrogens is 1. The van der Waals surface area contributed by atoms with Gasteiger partial charge >= 0.3 is 0 Å². The molecule has 1 aromatic rings. The molecule has 0 aliphatic heterocycles. The summed E-state index contributed by atoms with van der Waals surface area (Å²) in [5.74, 6) is 0. The van der Waals surface area contributed by atoms with Crippen LogP contribution in [-0.4, -0.2) is 11.7 Å². The summed E-state index contributed by atoms with van der Waals surface area (Å²) in [5.41, 5.74) is 5.22. The normalized spacial score (nSPS) is 10.1. The predicted molar refractivity (Wildman–Crippen MR) is 57.5 cm³/mol. The predicted octanol–water partition coefficient (Wildman–Crippen LogP) is 0.936. The summed E-state index contributed by atoms with van der Waals surface area (Å²) in [6.07, 6.45) is 1.74. The van der Waals surface area contributed by atoms with Crippen LogP contribution in [0.25, 0.3) is 0 Å². The second-order valence-corrected chi connectivity index (χ2v) is 4.65. The molecule has 0 spiro atoms. The quantitative estimate of drug-likeness (QED) is 0.473. The van der Waals surface area contributed by atoms with E-state index < -0.39 is 0 Å². The Kier molecular flexibility index (Phi) is 4.78. The number of hydrogen-bond donors (Lipinski definition) is 1. The Bertz CT molecular complexity index is 320. The largest absolute Gasteiger partial charge is 0.618 e. The van der Waals surface area contributed by atoms with Gasteiger partial charge in [-0.05, 0) is 16.9 Å². The van der Waals surface area contributed by atoms with Gasteiger partial charge in [0.15, 0.2) is 6.20 Å². The van der Waals surface area contributed by atoms with Crippen molar-refractivity contribution in [2.75, 3.05) is 6.54 Å². The van der Waals surface area contributed by atoms with E-state index in [0.717, 1.165) is 26.3 Å². The van der Waals surface area contributed by atoms with Crippen molar-refractivity contribution in [2.45, 2.75) is 11.4 Å². The molecule has 0 saturated carbocycles. The van der Waals surface area contributed by atoms with Crippen LogP contribution in [-0.2, 0) is 4.79 Å². The van der Waals surface area contributed by atoms with Gasteiger partial charge in [0.25, 0.3) is 5.03 Å². The number of hydrogen-bond acceptors (Lipinski definition) is 5. The lowest BCUT2D eigenvalue weighted by Crippen LogP contribution is -2.27. The highest BCUT2D eigenvalue weighted by Gasteiger charge is 2.08. The van der Waals surface area contributed by atoms with Crippen LogP contribution in [0.5, 0.6) is 0 Å². The van der Waals surface area contributed by atoms with E-state index in [-0.39, 0.29) is 5.12 Å². The van der Waals surface area contributed by atoms with Crippen molar-refractivity contribution in [1.29, 1.82) is 0 Å². The van der Waals surface area contributed by atoms with Crippen LogP contribution < -0.4 is 10.5 Å². The van der Waals surface area contributed by atoms with E-state index in [2.05, 4.69) is 0 Å². The summed E-state index contributed by atoms with van der Waals surface area (Å²) >= 11 is 0. The van der Waals surface area contributed by atoms with Crippen molar-refractivity contribution < 1.29 is 9.52 Å². The summed E-state index contributed by atoms with van der Waals surface area (Å²) < 4.78 is 0.730. The summed E-state index contributed by atoms with van der Waals surface area (Å²) in [5, 5.41) is 11.6. The van der Waals surface area contributed by atoms with Crippen LogP contribution >= 0.6 is 21.6 Å². The fraction of sp³-hybridized carbons (Fsp3) is 0.250. The monoisotopic (exact) mass is 230 g/mol. The molecule has 0 fully saturated rings. The van der Waals surface area contributed by atoms with E-state index >= 15 is 0 Å². The Morgan fingerprint density at radius 1 is 1.57 bits per heavy atom. The molecule has 0 amide bonds. The number of nitrogens with zero attached hydrogens (tertiary/aromatic N) is 1. The zero-order valence-electron chi connectivity index (χ0n) is 7.38. The fourth-order valence-corrected chi connectivity index (χ4v) is 2.55. The van der Waals surface area contributed by atoms with Crippen molar-refractivity contribution in [1.82, 2.24) is 0 Å². The minimum absolute atomic E-state index is 0.0126. The molecular formula is C8H10N2O2S2. The van der Waals surface area contributed by atoms with Crippen LogP contribution in [0.15, 0.2) is 29.4 Å². The second kappa shape index (κ2) is 5.90. The molecule has 0 bridgehead atoms. The molecular weight excluding hydrogens is 220 g/mol. The standard InChI is InChI=1S/C8H10N2O2S2/c9-5-4-8(11)14-13-7-3-1-2-6-10(7)12/h1-3,6H,4-5,9H2. The molecule has 0 radical (unpaired) electrons. The highest BCUT2D eigenvalue weighted by Crippen LogP contribution is 2.29. The van der Waals surface area contributed by atoms with Gasteiger partial charge in [0.1, 0.15) is 0 Å². The van der Waals surface area contributed by atoms with Crippen molar-refractivity contribution in [2.24, 2.45) is 5.73 Å². The Balaban J connectivity index is 2.46. The van der Waals surface area contributed by atoms with E-state index in [1.165, 1.54) is 6.20 Å². The third kappa shape index (κ3) is 3.57. The first-order chi connectivity index (χ1) is 6.74. The van der Waals surface area contributed by atoms with Gasteiger partial charge in [0.2, 0.25) is 5.12 Å². The summed E-state index contributed by atoms with van der Waals surface area (Å²) in [6, 6.07) is 5.06. The van der Waals surface area contributed by atoms with Crippen LogP contribution in [0.3, 0.4) is 0 Å². The first kappa shape index (κ1) is 11.4. The summed E-state index contributed by atoms with van der Waals surface area (Å²) in [4.78, 5) is 11.1. The molecule has 2 N–H and O–H groups in total. The average Bonchev–Trinajstić information content (AvgIpc) is 2.17. The van der Waals surface area contributed by atoms with Crippen molar-refractivity contribution >= 4 is 26.7 Å². The highest BCUT2D eigenvalue weighted by atomic mass is 33.1. The Hall–Kier alpha value is -0.720. The molecule has 0 aromatic carbocycles. The molecule has 0 atom stereocenters. The molecule has 1 rings (SSSR count). The minimum atomic E-state index is -0.0126. The maximum Gasteiger partial charge on any atom is 0.262 e. The average molecular weight is 230 g/mol. The topological polar surface area (TPSA) is 70.0 Å². The van der Waals surface area contributed by atoms with Gasteiger partial charge in [-0.25, -0.2) is 0 Å². The first-order valence-electron chi connectivity index (χ1n) is 3.99. The van der Waals surface area contributed by atoms with Gasteiger partial charge in [0, 0.05) is 35.9 Å². The second-order valence-electron chi connectivity index (χ2n) is 2.44.